The van der Waals surface area contributed by atoms with E-state index in [0.29, 0.717) is 6.42 Å². The molecule has 0 N–H and O–H groups in total. The Morgan fingerprint density at radius 1 is 0.875 bits per heavy atom. The predicted molar refractivity (Wildman–Crippen MR) is 97.9 cm³/mol. The van der Waals surface area contributed by atoms with E-state index in [1.54, 1.807) is 0 Å². The first-order valence-corrected chi connectivity index (χ1v) is 8.37. The molecule has 0 bridgehead atoms. The summed E-state index contributed by atoms with van der Waals surface area (Å²) in [6.45, 7) is 3.99. The van der Waals surface area contributed by atoms with Crippen molar-refractivity contribution in [2.45, 2.75) is 32.3 Å². The zero-order valence-electron chi connectivity index (χ0n) is 14.1. The van der Waals surface area contributed by atoms with Crippen molar-refractivity contribution in [3.63, 3.8) is 0 Å². The molecule has 0 spiro atoms. The van der Waals surface area contributed by atoms with Gasteiger partial charge in [-0.05, 0) is 34.7 Å². The van der Waals surface area contributed by atoms with Gasteiger partial charge in [-0.15, -0.1) is 0 Å². The normalized spacial score (nSPS) is 13.4. The SMILES string of the molecule is C[C@H](CC(=O)O[C@H](C)c1cccc2ccccc12)c1ccccc1. The summed E-state index contributed by atoms with van der Waals surface area (Å²) in [6, 6.07) is 24.4. The summed E-state index contributed by atoms with van der Waals surface area (Å²) < 4.78 is 5.70. The molecule has 3 aromatic rings. The molecule has 122 valence electrons. The Morgan fingerprint density at radius 3 is 2.33 bits per heavy atom. The van der Waals surface area contributed by atoms with E-state index in [9.17, 15) is 4.79 Å². The number of hydrogen-bond acceptors (Lipinski definition) is 2. The fourth-order valence-electron chi connectivity index (χ4n) is 3.06. The number of carbonyl (C=O) groups is 1. The first-order chi connectivity index (χ1) is 11.6. The number of hydrogen-bond donors (Lipinski definition) is 0. The average Bonchev–Trinajstić information content (AvgIpc) is 2.61. The molecule has 2 nitrogen and oxygen atoms in total. The van der Waals surface area contributed by atoms with Crippen LogP contribution in [0.1, 0.15) is 43.4 Å². The molecule has 3 aromatic carbocycles. The second-order valence-electron chi connectivity index (χ2n) is 6.22. The molecule has 2 heteroatoms. The largest absolute Gasteiger partial charge is 0.458 e. The number of esters is 1. The van der Waals surface area contributed by atoms with Crippen LogP contribution >= 0.6 is 0 Å². The lowest BCUT2D eigenvalue weighted by molar-refractivity contribution is -0.148. The van der Waals surface area contributed by atoms with Crippen LogP contribution < -0.4 is 0 Å². The van der Waals surface area contributed by atoms with Gasteiger partial charge in [-0.1, -0.05) is 79.7 Å². The molecule has 3 rings (SSSR count). The number of carbonyl (C=O) groups excluding carboxylic acids is 1. The van der Waals surface area contributed by atoms with Crippen LogP contribution in [0.3, 0.4) is 0 Å². The highest BCUT2D eigenvalue weighted by Gasteiger charge is 2.17. The minimum atomic E-state index is -0.258. The number of rotatable bonds is 5. The van der Waals surface area contributed by atoms with Crippen molar-refractivity contribution in [1.82, 2.24) is 0 Å². The van der Waals surface area contributed by atoms with Gasteiger partial charge in [0.05, 0.1) is 6.42 Å². The van der Waals surface area contributed by atoms with Crippen molar-refractivity contribution in [3.8, 4) is 0 Å². The minimum Gasteiger partial charge on any atom is -0.458 e. The molecule has 0 saturated carbocycles. The van der Waals surface area contributed by atoms with E-state index in [2.05, 4.69) is 25.1 Å². The number of fused-ring (bicyclic) bond motifs is 1. The van der Waals surface area contributed by atoms with Gasteiger partial charge in [0, 0.05) is 0 Å². The molecular formula is C22H22O2. The predicted octanol–water partition coefficient (Wildman–Crippen LogP) is 5.64. The van der Waals surface area contributed by atoms with Crippen LogP contribution in [0.4, 0.5) is 0 Å². The topological polar surface area (TPSA) is 26.3 Å². The van der Waals surface area contributed by atoms with E-state index < -0.39 is 0 Å². The van der Waals surface area contributed by atoms with Crippen LogP contribution in [0, 0.1) is 0 Å². The maximum atomic E-state index is 12.3. The standard InChI is InChI=1S/C22H22O2/c1-16(18-9-4-3-5-10-18)15-22(23)24-17(2)20-14-8-12-19-11-6-7-13-21(19)20/h3-14,16-17H,15H2,1-2H3/t16-,17-/m1/s1. The molecule has 0 aliphatic rings. The van der Waals surface area contributed by atoms with Gasteiger partial charge >= 0.3 is 5.97 Å². The Bertz CT molecular complexity index is 818. The smallest absolute Gasteiger partial charge is 0.306 e. The van der Waals surface area contributed by atoms with Gasteiger partial charge in [-0.3, -0.25) is 4.79 Å². The molecule has 0 saturated heterocycles. The quantitative estimate of drug-likeness (QED) is 0.569. The highest BCUT2D eigenvalue weighted by Crippen LogP contribution is 2.27. The monoisotopic (exact) mass is 318 g/mol. The molecule has 0 radical (unpaired) electrons. The Hall–Kier alpha value is -2.61. The summed E-state index contributed by atoms with van der Waals surface area (Å²) in [5.41, 5.74) is 2.21. The molecule has 0 amide bonds. The van der Waals surface area contributed by atoms with Gasteiger partial charge in [-0.25, -0.2) is 0 Å². The first-order valence-electron chi connectivity index (χ1n) is 8.37. The molecular weight excluding hydrogens is 296 g/mol. The van der Waals surface area contributed by atoms with Gasteiger partial charge < -0.3 is 4.74 Å². The van der Waals surface area contributed by atoms with Gasteiger partial charge in [0.15, 0.2) is 0 Å². The molecule has 2 atom stereocenters. The van der Waals surface area contributed by atoms with Crippen LogP contribution in [-0.4, -0.2) is 5.97 Å². The van der Waals surface area contributed by atoms with Gasteiger partial charge in [0.25, 0.3) is 0 Å². The van der Waals surface area contributed by atoms with Gasteiger partial charge in [0.2, 0.25) is 0 Å². The highest BCUT2D eigenvalue weighted by atomic mass is 16.5. The summed E-state index contributed by atoms with van der Waals surface area (Å²) in [6.07, 6.45) is 0.130. The van der Waals surface area contributed by atoms with Crippen molar-refractivity contribution in [1.29, 1.82) is 0 Å². The van der Waals surface area contributed by atoms with Crippen LogP contribution in [0.5, 0.6) is 0 Å². The fourth-order valence-corrected chi connectivity index (χ4v) is 3.06. The lowest BCUT2D eigenvalue weighted by Crippen LogP contribution is -2.12. The van der Waals surface area contributed by atoms with E-state index in [4.69, 9.17) is 4.74 Å². The summed E-state index contributed by atoms with van der Waals surface area (Å²) >= 11 is 0. The van der Waals surface area contributed by atoms with Crippen LogP contribution in [0.25, 0.3) is 10.8 Å². The third kappa shape index (κ3) is 3.65. The Balaban J connectivity index is 1.70. The third-order valence-corrected chi connectivity index (χ3v) is 4.41. The van der Waals surface area contributed by atoms with Crippen molar-refractivity contribution >= 4 is 16.7 Å². The Morgan fingerprint density at radius 2 is 1.54 bits per heavy atom. The summed E-state index contributed by atoms with van der Waals surface area (Å²) in [5, 5.41) is 2.30. The van der Waals surface area contributed by atoms with Crippen LogP contribution in [-0.2, 0) is 9.53 Å². The Kier molecular flexibility index (Phi) is 4.95. The van der Waals surface area contributed by atoms with Crippen molar-refractivity contribution in [2.75, 3.05) is 0 Å². The fraction of sp³-hybridized carbons (Fsp3) is 0.227. The third-order valence-electron chi connectivity index (χ3n) is 4.41. The van der Waals surface area contributed by atoms with Crippen LogP contribution in [0.2, 0.25) is 0 Å². The maximum Gasteiger partial charge on any atom is 0.306 e. The summed E-state index contributed by atoms with van der Waals surface area (Å²) in [4.78, 5) is 12.3. The molecule has 0 aliphatic carbocycles. The second kappa shape index (κ2) is 7.31. The lowest BCUT2D eigenvalue weighted by Gasteiger charge is -2.18. The van der Waals surface area contributed by atoms with Crippen molar-refractivity contribution < 1.29 is 9.53 Å². The highest BCUT2D eigenvalue weighted by molar-refractivity contribution is 5.86. The van der Waals surface area contributed by atoms with E-state index in [1.165, 1.54) is 0 Å². The average molecular weight is 318 g/mol. The van der Waals surface area contributed by atoms with Crippen LogP contribution in [0.15, 0.2) is 72.8 Å². The molecule has 0 fully saturated rings. The van der Waals surface area contributed by atoms with E-state index in [0.717, 1.165) is 21.9 Å². The number of ether oxygens (including phenoxy) is 1. The minimum absolute atomic E-state index is 0.151. The van der Waals surface area contributed by atoms with E-state index >= 15 is 0 Å². The zero-order chi connectivity index (χ0) is 16.9. The number of benzene rings is 3. The Labute approximate surface area is 143 Å². The second-order valence-corrected chi connectivity index (χ2v) is 6.22. The maximum absolute atomic E-state index is 12.3. The zero-order valence-corrected chi connectivity index (χ0v) is 14.1. The van der Waals surface area contributed by atoms with E-state index in [-0.39, 0.29) is 18.0 Å². The van der Waals surface area contributed by atoms with Gasteiger partial charge in [-0.2, -0.15) is 0 Å². The van der Waals surface area contributed by atoms with Gasteiger partial charge in [0.1, 0.15) is 6.10 Å². The summed E-state index contributed by atoms with van der Waals surface area (Å²) in [5.74, 6) is -0.00907. The van der Waals surface area contributed by atoms with E-state index in [1.807, 2.05) is 61.5 Å². The lowest BCUT2D eigenvalue weighted by atomic mass is 9.98. The first kappa shape index (κ1) is 16.3. The van der Waals surface area contributed by atoms with Crippen molar-refractivity contribution in [2.24, 2.45) is 0 Å². The molecule has 0 aromatic heterocycles. The van der Waals surface area contributed by atoms with Crippen molar-refractivity contribution in [3.05, 3.63) is 83.9 Å². The summed E-state index contributed by atoms with van der Waals surface area (Å²) in [7, 11) is 0. The molecule has 24 heavy (non-hydrogen) atoms. The molecule has 0 unspecified atom stereocenters. The molecule has 0 aliphatic heterocycles. The molecule has 0 heterocycles.